The molecule has 2 nitrogen and oxygen atoms in total. The molecular weight excluding hydrogens is 260 g/mol. The van der Waals surface area contributed by atoms with Crippen molar-refractivity contribution in [3.63, 3.8) is 0 Å². The Balaban J connectivity index is 2.30. The van der Waals surface area contributed by atoms with Crippen molar-refractivity contribution in [1.29, 1.82) is 0 Å². The number of nitrogens with zero attached hydrogens (tertiary/aromatic N) is 2. The number of aryl methyl sites for hydroxylation is 1. The summed E-state index contributed by atoms with van der Waals surface area (Å²) >= 11 is 5.32. The van der Waals surface area contributed by atoms with E-state index in [4.69, 9.17) is 0 Å². The summed E-state index contributed by atoms with van der Waals surface area (Å²) in [5, 5.41) is 2.10. The van der Waals surface area contributed by atoms with Gasteiger partial charge in [-0.25, -0.2) is 4.98 Å². The molecule has 4 heteroatoms. The number of halogens is 1. The molecule has 14 heavy (non-hydrogen) atoms. The van der Waals surface area contributed by atoms with E-state index in [2.05, 4.69) is 43.0 Å². The second-order valence-electron chi connectivity index (χ2n) is 3.21. The summed E-state index contributed by atoms with van der Waals surface area (Å²) in [5.74, 6) is 1.04. The quantitative estimate of drug-likeness (QED) is 0.820. The van der Waals surface area contributed by atoms with E-state index in [1.165, 1.54) is 4.88 Å². The minimum Gasteiger partial charge on any atom is -0.326 e. The van der Waals surface area contributed by atoms with Gasteiger partial charge in [-0.15, -0.1) is 11.3 Å². The Kier molecular flexibility index (Phi) is 2.74. The van der Waals surface area contributed by atoms with Gasteiger partial charge in [-0.1, -0.05) is 6.07 Å². The van der Waals surface area contributed by atoms with Crippen LogP contribution >= 0.6 is 27.3 Å². The van der Waals surface area contributed by atoms with E-state index in [-0.39, 0.29) is 0 Å². The summed E-state index contributed by atoms with van der Waals surface area (Å²) in [6.07, 6.45) is 0.917. The normalized spacial score (nSPS) is 10.8. The molecule has 0 aromatic carbocycles. The van der Waals surface area contributed by atoms with Gasteiger partial charge in [0.1, 0.15) is 10.4 Å². The van der Waals surface area contributed by atoms with Gasteiger partial charge in [-0.05, 0) is 34.3 Å². The molecule has 0 saturated heterocycles. The molecule has 2 aromatic rings. The largest absolute Gasteiger partial charge is 0.326 e. The molecule has 0 atom stereocenters. The molecular formula is C10H11BrN2S. The van der Waals surface area contributed by atoms with Crippen molar-refractivity contribution < 1.29 is 0 Å². The third-order valence-electron chi connectivity index (χ3n) is 2.24. The highest BCUT2D eigenvalue weighted by Gasteiger charge is 2.10. The predicted octanol–water partition coefficient (Wildman–Crippen LogP) is 3.14. The molecule has 2 aromatic heterocycles. The standard InChI is InChI=1S/C10H11BrN2S/c1-7-12-9(10(11)13(7)2)6-8-4-3-5-14-8/h3-5H,6H2,1-2H3. The summed E-state index contributed by atoms with van der Waals surface area (Å²) in [5.41, 5.74) is 1.12. The topological polar surface area (TPSA) is 17.8 Å². The third kappa shape index (κ3) is 1.77. The summed E-state index contributed by atoms with van der Waals surface area (Å²) in [7, 11) is 2.02. The minimum absolute atomic E-state index is 0.917. The van der Waals surface area contributed by atoms with Crippen LogP contribution < -0.4 is 0 Å². The second-order valence-corrected chi connectivity index (χ2v) is 5.00. The maximum atomic E-state index is 4.51. The Morgan fingerprint density at radius 1 is 1.57 bits per heavy atom. The molecule has 0 spiro atoms. The molecule has 2 rings (SSSR count). The average Bonchev–Trinajstić information content (AvgIpc) is 2.73. The van der Waals surface area contributed by atoms with Crippen LogP contribution in [0.25, 0.3) is 0 Å². The van der Waals surface area contributed by atoms with Crippen LogP contribution in [0.3, 0.4) is 0 Å². The second kappa shape index (κ2) is 3.87. The molecule has 0 saturated carbocycles. The van der Waals surface area contributed by atoms with Gasteiger partial charge >= 0.3 is 0 Å². The first-order valence-corrected chi connectivity index (χ1v) is 6.06. The Labute approximate surface area is 95.7 Å². The number of aromatic nitrogens is 2. The highest BCUT2D eigenvalue weighted by atomic mass is 79.9. The van der Waals surface area contributed by atoms with Gasteiger partial charge in [0.15, 0.2) is 0 Å². The zero-order chi connectivity index (χ0) is 10.1. The van der Waals surface area contributed by atoms with Crippen molar-refractivity contribution in [2.45, 2.75) is 13.3 Å². The number of imidazole rings is 1. The van der Waals surface area contributed by atoms with Gasteiger partial charge in [-0.2, -0.15) is 0 Å². The molecule has 0 aliphatic heterocycles. The van der Waals surface area contributed by atoms with E-state index in [1.807, 2.05) is 14.0 Å². The fourth-order valence-corrected chi connectivity index (χ4v) is 2.54. The molecule has 74 valence electrons. The van der Waals surface area contributed by atoms with Gasteiger partial charge in [0.05, 0.1) is 5.69 Å². The van der Waals surface area contributed by atoms with E-state index in [0.717, 1.165) is 22.5 Å². The Bertz CT molecular complexity index is 431. The Morgan fingerprint density at radius 2 is 2.36 bits per heavy atom. The highest BCUT2D eigenvalue weighted by Crippen LogP contribution is 2.22. The minimum atomic E-state index is 0.917. The van der Waals surface area contributed by atoms with E-state index in [9.17, 15) is 0 Å². The molecule has 0 amide bonds. The van der Waals surface area contributed by atoms with Crippen LogP contribution in [0.15, 0.2) is 22.1 Å². The van der Waals surface area contributed by atoms with E-state index in [0.29, 0.717) is 0 Å². The van der Waals surface area contributed by atoms with Crippen LogP contribution in [0.2, 0.25) is 0 Å². The lowest BCUT2D eigenvalue weighted by Gasteiger charge is -1.96. The maximum Gasteiger partial charge on any atom is 0.108 e. The third-order valence-corrected chi connectivity index (χ3v) is 4.10. The first-order valence-electron chi connectivity index (χ1n) is 4.38. The van der Waals surface area contributed by atoms with Crippen LogP contribution in [-0.4, -0.2) is 9.55 Å². The number of rotatable bonds is 2. The van der Waals surface area contributed by atoms with Gasteiger partial charge in [-0.3, -0.25) is 0 Å². The Morgan fingerprint density at radius 3 is 2.86 bits per heavy atom. The molecule has 0 unspecified atom stereocenters. The van der Waals surface area contributed by atoms with Crippen molar-refractivity contribution in [2.75, 3.05) is 0 Å². The van der Waals surface area contributed by atoms with Crippen molar-refractivity contribution in [3.05, 3.63) is 38.5 Å². The van der Waals surface area contributed by atoms with Crippen molar-refractivity contribution >= 4 is 27.3 Å². The van der Waals surface area contributed by atoms with Crippen LogP contribution in [0.1, 0.15) is 16.4 Å². The average molecular weight is 271 g/mol. The van der Waals surface area contributed by atoms with E-state index in [1.54, 1.807) is 11.3 Å². The summed E-state index contributed by atoms with van der Waals surface area (Å²) < 4.78 is 3.14. The molecule has 0 aliphatic carbocycles. The lowest BCUT2D eigenvalue weighted by atomic mass is 10.3. The van der Waals surface area contributed by atoms with Crippen molar-refractivity contribution in [3.8, 4) is 0 Å². The lowest BCUT2D eigenvalue weighted by molar-refractivity contribution is 0.839. The lowest BCUT2D eigenvalue weighted by Crippen LogP contribution is -1.90. The van der Waals surface area contributed by atoms with Crippen LogP contribution in [0, 0.1) is 6.92 Å². The van der Waals surface area contributed by atoms with Crippen molar-refractivity contribution in [1.82, 2.24) is 9.55 Å². The highest BCUT2D eigenvalue weighted by molar-refractivity contribution is 9.10. The smallest absolute Gasteiger partial charge is 0.108 e. The van der Waals surface area contributed by atoms with Crippen LogP contribution in [-0.2, 0) is 13.5 Å². The zero-order valence-electron chi connectivity index (χ0n) is 8.12. The fourth-order valence-electron chi connectivity index (χ4n) is 1.34. The number of hydrogen-bond acceptors (Lipinski definition) is 2. The number of hydrogen-bond donors (Lipinski definition) is 0. The van der Waals surface area contributed by atoms with Gasteiger partial charge in [0.2, 0.25) is 0 Å². The van der Waals surface area contributed by atoms with E-state index >= 15 is 0 Å². The van der Waals surface area contributed by atoms with E-state index < -0.39 is 0 Å². The SMILES string of the molecule is Cc1nc(Cc2cccs2)c(Br)n1C. The van der Waals surface area contributed by atoms with Crippen LogP contribution in [0.4, 0.5) is 0 Å². The molecule has 0 radical (unpaired) electrons. The predicted molar refractivity (Wildman–Crippen MR) is 62.8 cm³/mol. The summed E-state index contributed by atoms with van der Waals surface area (Å²) in [6, 6.07) is 4.21. The number of thiophene rings is 1. The first kappa shape index (κ1) is 9.93. The maximum absolute atomic E-state index is 4.51. The van der Waals surface area contributed by atoms with Gasteiger partial charge in [0, 0.05) is 18.3 Å². The summed E-state index contributed by atoms with van der Waals surface area (Å²) in [6.45, 7) is 2.02. The molecule has 0 bridgehead atoms. The first-order chi connectivity index (χ1) is 6.68. The monoisotopic (exact) mass is 270 g/mol. The molecule has 2 heterocycles. The molecule has 0 fully saturated rings. The summed E-state index contributed by atoms with van der Waals surface area (Å²) in [4.78, 5) is 5.86. The molecule has 0 aliphatic rings. The van der Waals surface area contributed by atoms with Crippen molar-refractivity contribution in [2.24, 2.45) is 7.05 Å². The zero-order valence-corrected chi connectivity index (χ0v) is 10.5. The van der Waals surface area contributed by atoms with Gasteiger partial charge < -0.3 is 4.57 Å². The Hall–Kier alpha value is -0.610. The van der Waals surface area contributed by atoms with Gasteiger partial charge in [0.25, 0.3) is 0 Å². The van der Waals surface area contributed by atoms with Crippen LogP contribution in [0.5, 0.6) is 0 Å². The molecule has 0 N–H and O–H groups in total. The fraction of sp³-hybridized carbons (Fsp3) is 0.300.